The first kappa shape index (κ1) is 13.8. The van der Waals surface area contributed by atoms with E-state index in [1.54, 1.807) is 14.2 Å². The van der Waals surface area contributed by atoms with Gasteiger partial charge in [-0.1, -0.05) is 0 Å². The number of methoxy groups -OCH3 is 2. The number of ether oxygens (including phenoxy) is 2. The van der Waals surface area contributed by atoms with Gasteiger partial charge in [0.25, 0.3) is 0 Å². The molecule has 1 aliphatic heterocycles. The maximum atomic E-state index is 6.13. The molecule has 112 valence electrons. The van der Waals surface area contributed by atoms with E-state index in [9.17, 15) is 0 Å². The average Bonchev–Trinajstić information content (AvgIpc) is 2.54. The Balaban J connectivity index is 2.09. The lowest BCUT2D eigenvalue weighted by molar-refractivity contribution is 0.356. The van der Waals surface area contributed by atoms with Gasteiger partial charge in [-0.25, -0.2) is 4.98 Å². The van der Waals surface area contributed by atoms with Gasteiger partial charge in [-0.3, -0.25) is 0 Å². The molecule has 0 bridgehead atoms. The molecule has 0 saturated carbocycles. The van der Waals surface area contributed by atoms with E-state index in [0.29, 0.717) is 17.3 Å². The lowest BCUT2D eigenvalue weighted by Crippen LogP contribution is -2.43. The van der Waals surface area contributed by atoms with Gasteiger partial charge in [0.05, 0.1) is 14.2 Å². The summed E-state index contributed by atoms with van der Waals surface area (Å²) in [6, 6.07) is 5.87. The summed E-state index contributed by atoms with van der Waals surface area (Å²) >= 11 is 0. The number of fused-ring (bicyclic) bond motifs is 1. The molecule has 0 aliphatic carbocycles. The number of nitrogens with zero attached hydrogens (tertiary/aromatic N) is 2. The zero-order chi connectivity index (χ0) is 14.8. The lowest BCUT2D eigenvalue weighted by Gasteiger charge is -2.28. The third-order valence-corrected chi connectivity index (χ3v) is 3.79. The van der Waals surface area contributed by atoms with Gasteiger partial charge in [0, 0.05) is 31.6 Å². The maximum absolute atomic E-state index is 6.13. The van der Waals surface area contributed by atoms with Crippen molar-refractivity contribution in [3.8, 4) is 11.5 Å². The minimum Gasteiger partial charge on any atom is -0.493 e. The van der Waals surface area contributed by atoms with Crippen molar-refractivity contribution >= 4 is 22.4 Å². The van der Waals surface area contributed by atoms with E-state index in [1.807, 2.05) is 12.1 Å². The SMILES string of the molecule is COc1cc2cc(N3CCNCC3)nc(N)c2cc1OC. The monoisotopic (exact) mass is 288 g/mol. The molecule has 6 heteroatoms. The standard InChI is InChI=1S/C15H20N4O2/c1-20-12-7-10-8-14(19-5-3-17-4-6-19)18-15(16)11(10)9-13(12)21-2/h7-9,17H,3-6H2,1-2H3,(H2,16,18). The van der Waals surface area contributed by atoms with Crippen molar-refractivity contribution in [1.82, 2.24) is 10.3 Å². The number of rotatable bonds is 3. The van der Waals surface area contributed by atoms with Crippen LogP contribution in [0.3, 0.4) is 0 Å². The van der Waals surface area contributed by atoms with Gasteiger partial charge in [-0.05, 0) is 23.6 Å². The predicted octanol–water partition coefficient (Wildman–Crippen LogP) is 1.24. The molecule has 3 rings (SSSR count). The van der Waals surface area contributed by atoms with E-state index in [1.165, 1.54) is 0 Å². The summed E-state index contributed by atoms with van der Waals surface area (Å²) in [5, 5.41) is 5.22. The second-order valence-electron chi connectivity index (χ2n) is 5.03. The summed E-state index contributed by atoms with van der Waals surface area (Å²) < 4.78 is 10.7. The van der Waals surface area contributed by atoms with Crippen LogP contribution >= 0.6 is 0 Å². The molecule has 0 spiro atoms. The molecule has 2 heterocycles. The van der Waals surface area contributed by atoms with Crippen LogP contribution in [0.5, 0.6) is 11.5 Å². The minimum absolute atomic E-state index is 0.516. The number of benzene rings is 1. The van der Waals surface area contributed by atoms with Crippen molar-refractivity contribution in [3.63, 3.8) is 0 Å². The first-order chi connectivity index (χ1) is 10.2. The topological polar surface area (TPSA) is 72.6 Å². The number of aromatic nitrogens is 1. The number of piperazine rings is 1. The Kier molecular flexibility index (Phi) is 3.70. The Bertz CT molecular complexity index is 654. The molecule has 1 fully saturated rings. The fraction of sp³-hybridized carbons (Fsp3) is 0.400. The van der Waals surface area contributed by atoms with Gasteiger partial charge in [-0.2, -0.15) is 0 Å². The Morgan fingerprint density at radius 2 is 1.76 bits per heavy atom. The Morgan fingerprint density at radius 1 is 1.10 bits per heavy atom. The first-order valence-electron chi connectivity index (χ1n) is 7.01. The Morgan fingerprint density at radius 3 is 2.43 bits per heavy atom. The Hall–Kier alpha value is -2.21. The van der Waals surface area contributed by atoms with Crippen molar-refractivity contribution in [3.05, 3.63) is 18.2 Å². The summed E-state index contributed by atoms with van der Waals surface area (Å²) in [6.07, 6.45) is 0. The van der Waals surface area contributed by atoms with Crippen molar-refractivity contribution in [2.24, 2.45) is 0 Å². The van der Waals surface area contributed by atoms with E-state index in [0.717, 1.165) is 42.8 Å². The van der Waals surface area contributed by atoms with Crippen LogP contribution in [0, 0.1) is 0 Å². The number of anilines is 2. The maximum Gasteiger partial charge on any atom is 0.161 e. The highest BCUT2D eigenvalue weighted by Crippen LogP contribution is 2.35. The normalized spacial score (nSPS) is 15.2. The van der Waals surface area contributed by atoms with Gasteiger partial charge >= 0.3 is 0 Å². The largest absolute Gasteiger partial charge is 0.493 e. The van der Waals surface area contributed by atoms with Crippen LogP contribution in [-0.4, -0.2) is 45.4 Å². The molecule has 3 N–H and O–H groups in total. The second kappa shape index (κ2) is 5.65. The van der Waals surface area contributed by atoms with Crippen molar-refractivity contribution in [2.45, 2.75) is 0 Å². The van der Waals surface area contributed by atoms with Crippen LogP contribution in [-0.2, 0) is 0 Å². The molecule has 0 radical (unpaired) electrons. The van der Waals surface area contributed by atoms with Gasteiger partial charge in [0.15, 0.2) is 11.5 Å². The number of nitrogens with two attached hydrogens (primary N) is 1. The van der Waals surface area contributed by atoms with Crippen molar-refractivity contribution < 1.29 is 9.47 Å². The molecule has 6 nitrogen and oxygen atoms in total. The fourth-order valence-electron chi connectivity index (χ4n) is 2.65. The highest BCUT2D eigenvalue weighted by molar-refractivity contribution is 5.95. The third kappa shape index (κ3) is 2.54. The molecular weight excluding hydrogens is 268 g/mol. The number of pyridine rings is 1. The lowest BCUT2D eigenvalue weighted by atomic mass is 10.1. The predicted molar refractivity (Wildman–Crippen MR) is 84.3 cm³/mol. The van der Waals surface area contributed by atoms with Crippen LogP contribution in [0.25, 0.3) is 10.8 Å². The molecule has 21 heavy (non-hydrogen) atoms. The van der Waals surface area contributed by atoms with E-state index in [4.69, 9.17) is 15.2 Å². The molecule has 0 atom stereocenters. The van der Waals surface area contributed by atoms with Crippen LogP contribution in [0.2, 0.25) is 0 Å². The van der Waals surface area contributed by atoms with E-state index in [-0.39, 0.29) is 0 Å². The molecule has 1 aromatic carbocycles. The zero-order valence-corrected chi connectivity index (χ0v) is 12.3. The third-order valence-electron chi connectivity index (χ3n) is 3.79. The van der Waals surface area contributed by atoms with Crippen LogP contribution in [0.1, 0.15) is 0 Å². The van der Waals surface area contributed by atoms with E-state index >= 15 is 0 Å². The molecule has 2 aromatic rings. The number of hydrogen-bond acceptors (Lipinski definition) is 6. The van der Waals surface area contributed by atoms with Gasteiger partial charge in [-0.15, -0.1) is 0 Å². The van der Waals surface area contributed by atoms with Crippen LogP contribution in [0.15, 0.2) is 18.2 Å². The second-order valence-corrected chi connectivity index (χ2v) is 5.03. The van der Waals surface area contributed by atoms with Gasteiger partial charge < -0.3 is 25.4 Å². The molecule has 1 aromatic heterocycles. The first-order valence-corrected chi connectivity index (χ1v) is 7.01. The molecule has 1 saturated heterocycles. The summed E-state index contributed by atoms with van der Waals surface area (Å²) in [5.74, 6) is 2.78. The van der Waals surface area contributed by atoms with Crippen LogP contribution in [0.4, 0.5) is 11.6 Å². The van der Waals surface area contributed by atoms with Crippen molar-refractivity contribution in [1.29, 1.82) is 0 Å². The van der Waals surface area contributed by atoms with Crippen molar-refractivity contribution in [2.75, 3.05) is 51.0 Å². The number of nitrogen functional groups attached to an aromatic ring is 1. The molecular formula is C15H20N4O2. The summed E-state index contributed by atoms with van der Waals surface area (Å²) in [6.45, 7) is 3.80. The number of hydrogen-bond donors (Lipinski definition) is 2. The average molecular weight is 288 g/mol. The minimum atomic E-state index is 0.516. The summed E-state index contributed by atoms with van der Waals surface area (Å²) in [5.41, 5.74) is 6.13. The highest BCUT2D eigenvalue weighted by atomic mass is 16.5. The summed E-state index contributed by atoms with van der Waals surface area (Å²) in [7, 11) is 3.24. The Labute approximate surface area is 123 Å². The smallest absolute Gasteiger partial charge is 0.161 e. The molecule has 1 aliphatic rings. The number of nitrogens with one attached hydrogen (secondary N) is 1. The van der Waals surface area contributed by atoms with E-state index < -0.39 is 0 Å². The summed E-state index contributed by atoms with van der Waals surface area (Å²) in [4.78, 5) is 6.77. The quantitative estimate of drug-likeness (QED) is 0.885. The molecule has 0 amide bonds. The van der Waals surface area contributed by atoms with Gasteiger partial charge in [0.2, 0.25) is 0 Å². The fourth-order valence-corrected chi connectivity index (χ4v) is 2.65. The van der Waals surface area contributed by atoms with E-state index in [2.05, 4.69) is 21.3 Å². The van der Waals surface area contributed by atoms with Gasteiger partial charge in [0.1, 0.15) is 11.6 Å². The van der Waals surface area contributed by atoms with Crippen LogP contribution < -0.4 is 25.4 Å². The highest BCUT2D eigenvalue weighted by Gasteiger charge is 2.15. The zero-order valence-electron chi connectivity index (χ0n) is 12.3. The molecule has 0 unspecified atom stereocenters.